The second-order valence-corrected chi connectivity index (χ2v) is 46.4. The van der Waals surface area contributed by atoms with E-state index in [2.05, 4.69) is 0 Å². The lowest BCUT2D eigenvalue weighted by atomic mass is 10.1. The number of phosphoric ester groups is 2. The SMILES string of the molecule is C.CC(C)P(=O)(O)OC[C@H]1O[C@@H](C)C[C@@H]1OP(=O)(O)C(C)C.CC(C)P(=O)(O)OC[C@H]1O[C@@H](C)C[C@@H]1OP(=O)(O)OC[C@H]1O[C@@H](C)C[C@@H]1OP(=O)(O)C(C)C.CC(C)P(=O)(O)OC[C@H]1O[C@@H](C)C[C@@H]1OP(=O)(O)OC[C@H]1O[C@@H](C)C[C@@H]1OP(=O)(O)C[C@H]1O[C@@H](C)C[C@@H]1OP(=O)(O)C(C)C. The van der Waals surface area contributed by atoms with Gasteiger partial charge in [0.1, 0.15) is 42.7 Å². The van der Waals surface area contributed by atoms with Gasteiger partial charge < -0.3 is 104 Å². The van der Waals surface area contributed by atoms with Crippen molar-refractivity contribution in [1.82, 2.24) is 0 Å². The van der Waals surface area contributed by atoms with E-state index >= 15 is 0 Å². The highest BCUT2D eigenvalue weighted by atomic mass is 31.2. The van der Waals surface area contributed by atoms with Crippen molar-refractivity contribution < 1.29 is 163 Å². The van der Waals surface area contributed by atoms with Crippen LogP contribution >= 0.6 is 68.8 Å². The van der Waals surface area contributed by atoms with Crippen molar-refractivity contribution in [3.8, 4) is 0 Å². The first-order valence-corrected chi connectivity index (χ1v) is 47.4. The maximum absolute atomic E-state index is 13.2. The van der Waals surface area contributed by atoms with Gasteiger partial charge in [0.15, 0.2) is 0 Å². The first-order chi connectivity index (χ1) is 44.6. The van der Waals surface area contributed by atoms with Crippen LogP contribution < -0.4 is 0 Å². The van der Waals surface area contributed by atoms with Crippen LogP contribution in [0.3, 0.4) is 0 Å². The predicted molar refractivity (Wildman–Crippen MR) is 364 cm³/mol. The van der Waals surface area contributed by atoms with Crippen molar-refractivity contribution >= 4 is 68.8 Å². The number of rotatable bonds is 35. The molecule has 27 atom stereocenters. The average molecular weight is 1620 g/mol. The second kappa shape index (κ2) is 39.1. The van der Waals surface area contributed by atoms with E-state index in [4.69, 9.17) is 78.2 Å². The van der Waals surface area contributed by atoms with E-state index < -0.39 is 201 Å². The van der Waals surface area contributed by atoms with E-state index in [1.54, 1.807) is 90.0 Å². The Labute approximate surface area is 583 Å². The van der Waals surface area contributed by atoms with E-state index in [-0.39, 0.29) is 83.5 Å². The van der Waals surface area contributed by atoms with E-state index in [0.717, 1.165) is 0 Å². The lowest BCUT2D eigenvalue weighted by Crippen LogP contribution is -2.32. The molecule has 9 unspecified atom stereocenters. The smallest absolute Gasteiger partial charge is 0.372 e. The van der Waals surface area contributed by atoms with Gasteiger partial charge in [-0.25, -0.2) is 9.13 Å². The molecule has 0 bridgehead atoms. The van der Waals surface area contributed by atoms with Crippen LogP contribution in [0.4, 0.5) is 0 Å². The summed E-state index contributed by atoms with van der Waals surface area (Å²) in [6.07, 6.45) is -11.2. The Morgan fingerprint density at radius 3 is 0.687 bits per heavy atom. The van der Waals surface area contributed by atoms with Crippen molar-refractivity contribution in [2.45, 2.75) is 314 Å². The van der Waals surface area contributed by atoms with E-state index in [0.29, 0.717) is 12.8 Å². The lowest BCUT2D eigenvalue weighted by Gasteiger charge is -2.27. The van der Waals surface area contributed by atoms with Crippen molar-refractivity contribution in [2.24, 2.45) is 0 Å². The Balaban J connectivity index is 0.000000409. The van der Waals surface area contributed by atoms with Gasteiger partial charge in [-0.1, -0.05) is 90.5 Å². The van der Waals surface area contributed by atoms with Gasteiger partial charge in [0.2, 0.25) is 0 Å². The zero-order valence-electron chi connectivity index (χ0n) is 59.0. The average Bonchev–Trinajstić information content (AvgIpc) is 1.71. The molecule has 44 heteroatoms. The molecular weight excluding hydrogens is 1500 g/mol. The molecule has 6 aliphatic rings. The monoisotopic (exact) mass is 1610 g/mol. The number of phosphoric acid groups is 2. The lowest BCUT2D eigenvalue weighted by molar-refractivity contribution is -0.0317. The molecule has 9 N–H and O–H groups in total. The van der Waals surface area contributed by atoms with Crippen molar-refractivity contribution in [1.29, 1.82) is 0 Å². The van der Waals surface area contributed by atoms with Crippen molar-refractivity contribution in [2.75, 3.05) is 39.2 Å². The van der Waals surface area contributed by atoms with Crippen LogP contribution in [0.25, 0.3) is 0 Å². The Morgan fingerprint density at radius 2 is 0.465 bits per heavy atom. The van der Waals surface area contributed by atoms with Crippen LogP contribution in [0.2, 0.25) is 0 Å². The summed E-state index contributed by atoms with van der Waals surface area (Å²) in [6.45, 7) is 27.5. The Hall–Kier alpha value is 1.03. The molecule has 0 amide bonds. The highest BCUT2D eigenvalue weighted by Crippen LogP contribution is 2.58. The Kier molecular flexibility index (Phi) is 37.2. The third-order valence-electron chi connectivity index (χ3n) is 16.4. The summed E-state index contributed by atoms with van der Waals surface area (Å²) in [5, 5.41) is 0. The fourth-order valence-electron chi connectivity index (χ4n) is 10.2. The molecule has 0 saturated carbocycles. The van der Waals surface area contributed by atoms with Gasteiger partial charge in [-0.05, 0) is 41.5 Å². The largest absolute Gasteiger partial charge is 0.472 e. The molecule has 590 valence electrons. The molecule has 0 aromatic carbocycles. The van der Waals surface area contributed by atoms with E-state index in [9.17, 15) is 85.1 Å². The van der Waals surface area contributed by atoms with E-state index in [1.807, 2.05) is 6.92 Å². The van der Waals surface area contributed by atoms with Crippen LogP contribution in [-0.2, 0) is 119 Å². The predicted octanol–water partition coefficient (Wildman–Crippen LogP) is 11.0. The summed E-state index contributed by atoms with van der Waals surface area (Å²) in [6, 6.07) is 0. The summed E-state index contributed by atoms with van der Waals surface area (Å²) >= 11 is 0. The zero-order valence-corrected chi connectivity index (χ0v) is 67.1. The minimum absolute atomic E-state index is 0. The van der Waals surface area contributed by atoms with Crippen LogP contribution in [-0.4, -0.2) is 227 Å². The maximum Gasteiger partial charge on any atom is 0.472 e. The maximum atomic E-state index is 13.2. The Morgan fingerprint density at radius 1 is 0.283 bits per heavy atom. The summed E-state index contributed by atoms with van der Waals surface area (Å²) < 4.78 is 203. The first-order valence-electron chi connectivity index (χ1n) is 32.7. The van der Waals surface area contributed by atoms with Crippen LogP contribution in [0.1, 0.15) is 171 Å². The van der Waals surface area contributed by atoms with Gasteiger partial charge in [-0.2, -0.15) is 0 Å². The third-order valence-corrected chi connectivity index (χ3v) is 31.0. The number of ether oxygens (including phenoxy) is 6. The molecule has 0 spiro atoms. The summed E-state index contributed by atoms with van der Waals surface area (Å²) in [5.41, 5.74) is -3.59. The fourth-order valence-corrected chi connectivity index (χ4v) is 18.2. The summed E-state index contributed by atoms with van der Waals surface area (Å²) in [4.78, 5) is 90.9. The molecule has 6 aliphatic heterocycles. The number of hydrogen-bond donors (Lipinski definition) is 9. The highest BCUT2D eigenvalue weighted by molar-refractivity contribution is 7.55. The molecule has 6 heterocycles. The zero-order chi connectivity index (χ0) is 74.9. The standard InChI is InChI=1S/C24H48O16P4.C18H37O12P3.C12H26O7P2.CH4/c1-14(2)42(27,28)33-11-22-20(9-17(6)35-22)40-44(31,32)34-12-23-19(8-16(5)36-23)38-41(25,26)13-24-21(10-18(7)37-24)39-43(29,30)15(3)4;1-11(2)31(19,20)25-9-17-16(8-14(6)27-17)30-33(23,24)26-10-18-15(7-13(5)28-18)29-32(21,22)12(3)4;1-8(2)20(13,14)17-7-12-11(6-10(5)18-12)19-21(15,16)9(3)4;/h14-24H,8-13H2,1-7H3,(H,25,26)(H,27,28)(H,29,30)(H,31,32);11-18H,7-10H2,1-6H3,(H,19,20)(H,21,22)(H,23,24);8-12H,6-7H2,1-5H3,(H,13,14)(H,15,16);1H4/t16-,17-,18-,19-,20-,21-,22+,23+,24+;13-,14-,15-,16-,17+,18+;10-,11-,12+;/m000./s1. The molecule has 0 aliphatic carbocycles. The Bertz CT molecular complexity index is 2960. The van der Waals surface area contributed by atoms with Crippen LogP contribution in [0.5, 0.6) is 0 Å². The first kappa shape index (κ1) is 94.2. The number of hydrogen-bond acceptors (Lipinski definition) is 26. The summed E-state index contributed by atoms with van der Waals surface area (Å²) in [7, 11) is -36.8. The molecular formula is C55H115O35P9. The van der Waals surface area contributed by atoms with Crippen molar-refractivity contribution in [3.63, 3.8) is 0 Å². The molecule has 6 rings (SSSR count). The van der Waals surface area contributed by atoms with Crippen LogP contribution in [0.15, 0.2) is 0 Å². The molecule has 0 aromatic rings. The topological polar surface area (TPSA) is 493 Å². The van der Waals surface area contributed by atoms with Gasteiger partial charge in [-0.15, -0.1) is 0 Å². The second-order valence-electron chi connectivity index (χ2n) is 27.4. The van der Waals surface area contributed by atoms with Crippen molar-refractivity contribution in [3.05, 3.63) is 0 Å². The van der Waals surface area contributed by atoms with Gasteiger partial charge in [0.05, 0.1) is 140 Å². The molecule has 35 nitrogen and oxygen atoms in total. The fraction of sp³-hybridized carbons (Fsp3) is 1.00. The third kappa shape index (κ3) is 30.8. The quantitative estimate of drug-likeness (QED) is 0.0266. The minimum atomic E-state index is -4.73. The highest BCUT2D eigenvalue weighted by Gasteiger charge is 2.49. The van der Waals surface area contributed by atoms with Gasteiger partial charge in [0, 0.05) is 38.5 Å². The summed E-state index contributed by atoms with van der Waals surface area (Å²) in [5.74, 6) is 0. The molecule has 6 saturated heterocycles. The molecule has 6 fully saturated rings. The minimum Gasteiger partial charge on any atom is -0.372 e. The van der Waals surface area contributed by atoms with Gasteiger partial charge in [-0.3, -0.25) is 50.1 Å². The van der Waals surface area contributed by atoms with Crippen LogP contribution in [0, 0.1) is 0 Å². The van der Waals surface area contributed by atoms with Gasteiger partial charge >= 0.3 is 68.8 Å². The normalized spacial score (nSPS) is 36.0. The molecule has 0 radical (unpaired) electrons. The molecule has 0 aromatic heterocycles. The van der Waals surface area contributed by atoms with Gasteiger partial charge in [0.25, 0.3) is 0 Å². The van der Waals surface area contributed by atoms with E-state index in [1.165, 1.54) is 27.7 Å². The molecule has 99 heavy (non-hydrogen) atoms.